The van der Waals surface area contributed by atoms with Gasteiger partial charge in [0.05, 0.1) is 5.56 Å². The Morgan fingerprint density at radius 2 is 2.12 bits per heavy atom. The lowest BCUT2D eigenvalue weighted by Gasteiger charge is -2.30. The molecule has 0 saturated heterocycles. The highest BCUT2D eigenvalue weighted by molar-refractivity contribution is 7.09. The summed E-state index contributed by atoms with van der Waals surface area (Å²) < 4.78 is 6.38. The summed E-state index contributed by atoms with van der Waals surface area (Å²) in [5.41, 5.74) is 1.71. The van der Waals surface area contributed by atoms with E-state index in [9.17, 15) is 4.79 Å². The maximum absolute atomic E-state index is 12.6. The second-order valence-electron chi connectivity index (χ2n) is 7.23. The number of rotatable bonds is 5. The lowest BCUT2D eigenvalue weighted by molar-refractivity contribution is 0.101. The Balaban J connectivity index is 1.91. The average Bonchev–Trinajstić information content (AvgIpc) is 3.01. The van der Waals surface area contributed by atoms with Crippen molar-refractivity contribution in [3.63, 3.8) is 0 Å². The fraction of sp³-hybridized carbons (Fsp3) is 0.550. The van der Waals surface area contributed by atoms with E-state index in [1.165, 1.54) is 24.1 Å². The fourth-order valence-corrected chi connectivity index (χ4v) is 4.29. The number of H-pyrrole nitrogens is 1. The van der Waals surface area contributed by atoms with Crippen LogP contribution in [0, 0.1) is 5.92 Å². The molecule has 4 heteroatoms. The summed E-state index contributed by atoms with van der Waals surface area (Å²) in [5, 5.41) is 2.07. The molecule has 0 aliphatic heterocycles. The Morgan fingerprint density at radius 1 is 1.33 bits per heavy atom. The Morgan fingerprint density at radius 3 is 2.79 bits per heavy atom. The van der Waals surface area contributed by atoms with Crippen LogP contribution < -0.4 is 10.3 Å². The van der Waals surface area contributed by atoms with Gasteiger partial charge in [-0.2, -0.15) is 0 Å². The first kappa shape index (κ1) is 17.3. The van der Waals surface area contributed by atoms with Gasteiger partial charge in [0.15, 0.2) is 0 Å². The summed E-state index contributed by atoms with van der Waals surface area (Å²) in [6.45, 7) is 6.37. The molecule has 2 unspecified atom stereocenters. The summed E-state index contributed by atoms with van der Waals surface area (Å²) in [6, 6.07) is 6.20. The van der Waals surface area contributed by atoms with E-state index in [1.54, 1.807) is 11.3 Å². The maximum atomic E-state index is 12.6. The zero-order valence-corrected chi connectivity index (χ0v) is 15.6. The van der Waals surface area contributed by atoms with Crippen LogP contribution in [0.5, 0.6) is 5.75 Å². The van der Waals surface area contributed by atoms with E-state index >= 15 is 0 Å². The van der Waals surface area contributed by atoms with Gasteiger partial charge >= 0.3 is 0 Å². The van der Waals surface area contributed by atoms with Crippen molar-refractivity contribution in [3.05, 3.63) is 50.1 Å². The summed E-state index contributed by atoms with van der Waals surface area (Å²) in [7, 11) is 0. The van der Waals surface area contributed by atoms with Gasteiger partial charge in [0.2, 0.25) is 0 Å². The van der Waals surface area contributed by atoms with Crippen LogP contribution in [0.25, 0.3) is 0 Å². The molecule has 1 saturated carbocycles. The van der Waals surface area contributed by atoms with Gasteiger partial charge in [-0.3, -0.25) is 4.79 Å². The third-order valence-electron chi connectivity index (χ3n) is 4.92. The first-order chi connectivity index (χ1) is 11.5. The maximum Gasteiger partial charge on any atom is 0.255 e. The van der Waals surface area contributed by atoms with Crippen LogP contribution in [0.1, 0.15) is 68.5 Å². The molecule has 0 radical (unpaired) electrons. The number of ether oxygens (including phenoxy) is 1. The van der Waals surface area contributed by atoms with Crippen molar-refractivity contribution < 1.29 is 4.74 Å². The first-order valence-electron chi connectivity index (χ1n) is 8.99. The van der Waals surface area contributed by atoms with Gasteiger partial charge in [0.25, 0.3) is 5.56 Å². The van der Waals surface area contributed by atoms with Gasteiger partial charge in [-0.1, -0.05) is 33.3 Å². The van der Waals surface area contributed by atoms with Crippen molar-refractivity contribution in [2.75, 3.05) is 0 Å². The summed E-state index contributed by atoms with van der Waals surface area (Å²) >= 11 is 1.71. The van der Waals surface area contributed by atoms with Crippen molar-refractivity contribution in [3.8, 4) is 5.75 Å². The number of thiophene rings is 1. The van der Waals surface area contributed by atoms with Crippen LogP contribution in [-0.2, 0) is 6.42 Å². The molecule has 1 fully saturated rings. The van der Waals surface area contributed by atoms with Crippen molar-refractivity contribution in [1.82, 2.24) is 4.98 Å². The second-order valence-corrected chi connectivity index (χ2v) is 8.26. The second kappa shape index (κ2) is 7.56. The highest BCUT2D eigenvalue weighted by Gasteiger charge is 2.25. The smallest absolute Gasteiger partial charge is 0.255 e. The molecule has 130 valence electrons. The molecule has 3 nitrogen and oxygen atoms in total. The Hall–Kier alpha value is -1.55. The molecule has 24 heavy (non-hydrogen) atoms. The molecule has 0 aromatic carbocycles. The molecule has 0 spiro atoms. The molecule has 2 aromatic heterocycles. The lowest BCUT2D eigenvalue weighted by atomic mass is 9.88. The van der Waals surface area contributed by atoms with E-state index in [0.717, 1.165) is 29.8 Å². The molecule has 2 aromatic rings. The van der Waals surface area contributed by atoms with E-state index < -0.39 is 0 Å². The van der Waals surface area contributed by atoms with E-state index in [-0.39, 0.29) is 17.6 Å². The monoisotopic (exact) mass is 345 g/mol. The fourth-order valence-electron chi connectivity index (χ4n) is 3.56. The molecule has 1 aliphatic carbocycles. The SMILES string of the molecule is CC(C)c1c(OC2CCCCC2C)cc(Cc2cccs2)[nH]c1=O. The molecule has 3 rings (SSSR count). The van der Waals surface area contributed by atoms with Crippen molar-refractivity contribution in [1.29, 1.82) is 0 Å². The number of hydrogen-bond donors (Lipinski definition) is 1. The van der Waals surface area contributed by atoms with Gasteiger partial charge in [0.1, 0.15) is 11.9 Å². The normalized spacial score (nSPS) is 21.2. The topological polar surface area (TPSA) is 42.1 Å². The van der Waals surface area contributed by atoms with Gasteiger partial charge in [-0.05, 0) is 42.5 Å². The quantitative estimate of drug-likeness (QED) is 0.818. The Bertz CT molecular complexity index is 718. The molecule has 0 amide bonds. The van der Waals surface area contributed by atoms with Gasteiger partial charge in [0, 0.05) is 23.1 Å². The number of nitrogens with one attached hydrogen (secondary N) is 1. The highest BCUT2D eigenvalue weighted by atomic mass is 32.1. The van der Waals surface area contributed by atoms with Crippen LogP contribution in [0.4, 0.5) is 0 Å². The predicted octanol–water partition coefficient (Wildman–Crippen LogP) is 5.11. The van der Waals surface area contributed by atoms with Crippen LogP contribution in [0.2, 0.25) is 0 Å². The van der Waals surface area contributed by atoms with Gasteiger partial charge in [-0.15, -0.1) is 11.3 Å². The molecule has 0 bridgehead atoms. The minimum atomic E-state index is -0.00230. The number of aromatic amines is 1. The summed E-state index contributed by atoms with van der Waals surface area (Å²) in [5.74, 6) is 1.50. The zero-order chi connectivity index (χ0) is 17.1. The standard InChI is InChI=1S/C20H27NO2S/c1-13(2)19-18(23-17-9-5-4-7-14(17)3)12-15(21-20(19)22)11-16-8-6-10-24-16/h6,8,10,12-14,17H,4-5,7,9,11H2,1-3H3,(H,21,22). The molecule has 1 aliphatic rings. The summed E-state index contributed by atoms with van der Waals surface area (Å²) in [4.78, 5) is 16.9. The predicted molar refractivity (Wildman–Crippen MR) is 100 cm³/mol. The van der Waals surface area contributed by atoms with Crippen LogP contribution in [0.3, 0.4) is 0 Å². The van der Waals surface area contributed by atoms with Crippen LogP contribution in [0.15, 0.2) is 28.4 Å². The van der Waals surface area contributed by atoms with Gasteiger partial charge in [-0.25, -0.2) is 0 Å². The Labute approximate surface area is 148 Å². The average molecular weight is 346 g/mol. The third-order valence-corrected chi connectivity index (χ3v) is 5.80. The minimum absolute atomic E-state index is 0.00230. The first-order valence-corrected chi connectivity index (χ1v) is 9.87. The van der Waals surface area contributed by atoms with Crippen molar-refractivity contribution >= 4 is 11.3 Å². The number of pyridine rings is 1. The molecule has 2 heterocycles. The number of aromatic nitrogens is 1. The van der Waals surface area contributed by atoms with E-state index in [0.29, 0.717) is 5.92 Å². The molecule has 1 N–H and O–H groups in total. The molecular formula is C20H27NO2S. The van der Waals surface area contributed by atoms with E-state index in [1.807, 2.05) is 6.07 Å². The molecule has 2 atom stereocenters. The van der Waals surface area contributed by atoms with Crippen LogP contribution >= 0.6 is 11.3 Å². The summed E-state index contributed by atoms with van der Waals surface area (Å²) in [6.07, 6.45) is 5.79. The molecular weight excluding hydrogens is 318 g/mol. The van der Waals surface area contributed by atoms with Gasteiger partial charge < -0.3 is 9.72 Å². The minimum Gasteiger partial charge on any atom is -0.490 e. The van der Waals surface area contributed by atoms with Crippen molar-refractivity contribution in [2.45, 2.75) is 64.9 Å². The van der Waals surface area contributed by atoms with E-state index in [4.69, 9.17) is 4.74 Å². The lowest BCUT2D eigenvalue weighted by Crippen LogP contribution is -2.30. The zero-order valence-electron chi connectivity index (χ0n) is 14.8. The van der Waals surface area contributed by atoms with E-state index in [2.05, 4.69) is 43.3 Å². The van der Waals surface area contributed by atoms with Crippen molar-refractivity contribution in [2.24, 2.45) is 5.92 Å². The van der Waals surface area contributed by atoms with Crippen LogP contribution in [-0.4, -0.2) is 11.1 Å². The third kappa shape index (κ3) is 3.92. The largest absolute Gasteiger partial charge is 0.490 e. The highest BCUT2D eigenvalue weighted by Crippen LogP contribution is 2.31. The number of hydrogen-bond acceptors (Lipinski definition) is 3. The Kier molecular flexibility index (Phi) is 5.44.